The third-order valence-corrected chi connectivity index (χ3v) is 7.92. The predicted octanol–water partition coefficient (Wildman–Crippen LogP) is -2.06. The fraction of sp³-hybridized carbons (Fsp3) is 0.517. The first kappa shape index (κ1) is 33.7. The number of phenolic OH excluding ortho intramolecular Hbond substituents is 3. The molecule has 46 heavy (non-hydrogen) atoms. The van der Waals surface area contributed by atoms with Crippen molar-refractivity contribution in [3.05, 3.63) is 41.2 Å². The maximum Gasteiger partial charge on any atom is 0.229 e. The lowest BCUT2D eigenvalue weighted by Crippen LogP contribution is -2.64. The van der Waals surface area contributed by atoms with E-state index in [4.69, 9.17) is 33.2 Å². The normalized spacial score (nSPS) is 34.2. The van der Waals surface area contributed by atoms with Crippen molar-refractivity contribution >= 4 is 6.08 Å². The monoisotopic (exact) mass is 656 g/mol. The second kappa shape index (κ2) is 13.6. The SMILES string of the molecule is COc1cc(C2Oc3cc(O)cc(O)c3C=C2O[C@@H]2O[C@H](CO)[C@@H](O)[C@H](O)[C@H]2O[C@@H]2O[C@H](CO)[C@@H](O)[C@H](O)[C@H]2O)cc(OC)c1O. The Kier molecular flexibility index (Phi) is 9.99. The fourth-order valence-corrected chi connectivity index (χ4v) is 5.40. The minimum Gasteiger partial charge on any atom is -0.508 e. The molecular formula is C29H36O17. The first-order valence-corrected chi connectivity index (χ1v) is 14.1. The first-order valence-electron chi connectivity index (χ1n) is 14.1. The van der Waals surface area contributed by atoms with Crippen LogP contribution in [0.4, 0.5) is 0 Å². The number of aliphatic hydroxyl groups excluding tert-OH is 7. The first-order chi connectivity index (χ1) is 21.9. The van der Waals surface area contributed by atoms with Gasteiger partial charge in [0.25, 0.3) is 0 Å². The summed E-state index contributed by atoms with van der Waals surface area (Å²) >= 11 is 0. The largest absolute Gasteiger partial charge is 0.508 e. The Hall–Kier alpha value is -3.62. The molecule has 17 heteroatoms. The highest BCUT2D eigenvalue weighted by atomic mass is 16.8. The summed E-state index contributed by atoms with van der Waals surface area (Å²) in [5.74, 6) is -1.19. The molecule has 2 fully saturated rings. The van der Waals surface area contributed by atoms with E-state index < -0.39 is 86.5 Å². The molecule has 254 valence electrons. The van der Waals surface area contributed by atoms with Crippen LogP contribution in [0.3, 0.4) is 0 Å². The van der Waals surface area contributed by atoms with E-state index in [0.717, 1.165) is 6.07 Å². The third-order valence-electron chi connectivity index (χ3n) is 7.92. The molecule has 0 aliphatic carbocycles. The maximum absolute atomic E-state index is 11.1. The number of ether oxygens (including phenoxy) is 7. The van der Waals surface area contributed by atoms with Gasteiger partial charge >= 0.3 is 0 Å². The van der Waals surface area contributed by atoms with Gasteiger partial charge in [0.15, 0.2) is 30.0 Å². The highest BCUT2D eigenvalue weighted by Crippen LogP contribution is 2.47. The van der Waals surface area contributed by atoms with E-state index in [2.05, 4.69) is 0 Å². The van der Waals surface area contributed by atoms with Gasteiger partial charge in [0.1, 0.15) is 65.7 Å². The Morgan fingerprint density at radius 3 is 1.89 bits per heavy atom. The molecule has 0 radical (unpaired) electrons. The van der Waals surface area contributed by atoms with Crippen LogP contribution >= 0.6 is 0 Å². The van der Waals surface area contributed by atoms with Crippen LogP contribution in [0.15, 0.2) is 30.0 Å². The van der Waals surface area contributed by atoms with E-state index in [1.54, 1.807) is 0 Å². The zero-order valence-corrected chi connectivity index (χ0v) is 24.5. The van der Waals surface area contributed by atoms with Gasteiger partial charge in [-0.2, -0.15) is 0 Å². The van der Waals surface area contributed by atoms with Gasteiger partial charge < -0.3 is 84.2 Å². The summed E-state index contributed by atoms with van der Waals surface area (Å²) in [4.78, 5) is 0. The molecule has 0 bridgehead atoms. The molecule has 0 saturated carbocycles. The van der Waals surface area contributed by atoms with Crippen molar-refractivity contribution in [2.45, 2.75) is 67.5 Å². The molecule has 1 unspecified atom stereocenters. The Morgan fingerprint density at radius 1 is 0.717 bits per heavy atom. The molecule has 3 aliphatic rings. The van der Waals surface area contributed by atoms with Crippen LogP contribution in [0.1, 0.15) is 17.2 Å². The molecule has 0 amide bonds. The molecular weight excluding hydrogens is 620 g/mol. The Balaban J connectivity index is 1.55. The Labute approximate surface area is 261 Å². The zero-order valence-electron chi connectivity index (χ0n) is 24.5. The van der Waals surface area contributed by atoms with Gasteiger partial charge in [-0.3, -0.25) is 0 Å². The summed E-state index contributed by atoms with van der Waals surface area (Å²) in [6.45, 7) is -1.55. The molecule has 10 N–H and O–H groups in total. The smallest absolute Gasteiger partial charge is 0.229 e. The lowest BCUT2D eigenvalue weighted by atomic mass is 9.97. The predicted molar refractivity (Wildman–Crippen MR) is 150 cm³/mol. The summed E-state index contributed by atoms with van der Waals surface area (Å²) in [7, 11) is 2.61. The molecule has 3 heterocycles. The number of aromatic hydroxyl groups is 3. The number of phenols is 3. The van der Waals surface area contributed by atoms with Crippen LogP contribution in [-0.4, -0.2) is 140 Å². The number of aliphatic hydroxyl groups is 7. The van der Waals surface area contributed by atoms with Gasteiger partial charge in [-0.25, -0.2) is 0 Å². The average molecular weight is 657 g/mol. The van der Waals surface area contributed by atoms with Gasteiger partial charge in [-0.05, 0) is 18.2 Å². The van der Waals surface area contributed by atoms with E-state index in [9.17, 15) is 51.1 Å². The summed E-state index contributed by atoms with van der Waals surface area (Å²) in [6, 6.07) is 5.07. The third kappa shape index (κ3) is 6.21. The number of benzene rings is 2. The summed E-state index contributed by atoms with van der Waals surface area (Å²) in [6.07, 6.45) is -17.0. The standard InChI is InChI=1S/C29H36O17/c1-40-15-3-10(4-16(41-2)20(15)34)26-17(7-12-13(33)5-11(32)6-14(12)42-26)43-29-27(24(38)22(36)19(9-31)45-29)46-28-25(39)23(37)21(35)18(8-30)44-28/h3-7,18-19,21-39H,8-9H2,1-2H3/t18-,19-,21-,22-,23+,24+,25-,26?,27-,28+,29-/m1/s1. The molecule has 17 nitrogen and oxygen atoms in total. The number of methoxy groups -OCH3 is 2. The van der Waals surface area contributed by atoms with Gasteiger partial charge in [-0.1, -0.05) is 0 Å². The summed E-state index contributed by atoms with van der Waals surface area (Å²) in [5, 5.41) is 103. The van der Waals surface area contributed by atoms with E-state index >= 15 is 0 Å². The molecule has 0 spiro atoms. The lowest BCUT2D eigenvalue weighted by molar-refractivity contribution is -0.364. The zero-order chi connectivity index (χ0) is 33.4. The van der Waals surface area contributed by atoms with Crippen LogP contribution < -0.4 is 14.2 Å². The molecule has 11 atom stereocenters. The Morgan fingerprint density at radius 2 is 1.30 bits per heavy atom. The minimum absolute atomic E-state index is 0.0153. The molecule has 3 aliphatic heterocycles. The fourth-order valence-electron chi connectivity index (χ4n) is 5.40. The number of hydrogen-bond donors (Lipinski definition) is 10. The van der Waals surface area contributed by atoms with Gasteiger partial charge in [0.05, 0.1) is 33.0 Å². The van der Waals surface area contributed by atoms with Crippen molar-refractivity contribution < 1.29 is 84.2 Å². The molecule has 2 aromatic carbocycles. The summed E-state index contributed by atoms with van der Waals surface area (Å²) in [5.41, 5.74) is 0.316. The lowest BCUT2D eigenvalue weighted by Gasteiger charge is -2.46. The highest BCUT2D eigenvalue weighted by Gasteiger charge is 2.52. The van der Waals surface area contributed by atoms with E-state index in [0.29, 0.717) is 0 Å². The van der Waals surface area contributed by atoms with Crippen LogP contribution in [0, 0.1) is 0 Å². The number of hydrogen-bond acceptors (Lipinski definition) is 17. The molecule has 0 aromatic heterocycles. The Bertz CT molecular complexity index is 1390. The van der Waals surface area contributed by atoms with Crippen LogP contribution in [0.2, 0.25) is 0 Å². The minimum atomic E-state index is -1.89. The van der Waals surface area contributed by atoms with Crippen LogP contribution in [0.5, 0.6) is 34.5 Å². The van der Waals surface area contributed by atoms with E-state index in [-0.39, 0.29) is 45.6 Å². The quantitative estimate of drug-likeness (QED) is 0.139. The second-order valence-corrected chi connectivity index (χ2v) is 10.8. The molecule has 5 rings (SSSR count). The molecule has 2 saturated heterocycles. The highest BCUT2D eigenvalue weighted by molar-refractivity contribution is 5.70. The van der Waals surface area contributed by atoms with Crippen molar-refractivity contribution in [2.75, 3.05) is 27.4 Å². The number of rotatable bonds is 9. The molecule has 2 aromatic rings. The van der Waals surface area contributed by atoms with Crippen molar-refractivity contribution in [2.24, 2.45) is 0 Å². The van der Waals surface area contributed by atoms with Crippen LogP contribution in [-0.2, 0) is 18.9 Å². The van der Waals surface area contributed by atoms with Gasteiger partial charge in [-0.15, -0.1) is 0 Å². The van der Waals surface area contributed by atoms with Crippen molar-refractivity contribution in [1.82, 2.24) is 0 Å². The topological polar surface area (TPSA) is 267 Å². The summed E-state index contributed by atoms with van der Waals surface area (Å²) < 4.78 is 39.7. The van der Waals surface area contributed by atoms with Gasteiger partial charge in [0.2, 0.25) is 12.0 Å². The second-order valence-electron chi connectivity index (χ2n) is 10.8. The van der Waals surface area contributed by atoms with Crippen molar-refractivity contribution in [3.63, 3.8) is 0 Å². The van der Waals surface area contributed by atoms with Gasteiger partial charge in [0, 0.05) is 17.7 Å². The van der Waals surface area contributed by atoms with Crippen molar-refractivity contribution in [3.8, 4) is 34.5 Å². The number of fused-ring (bicyclic) bond motifs is 1. The van der Waals surface area contributed by atoms with Crippen LogP contribution in [0.25, 0.3) is 6.08 Å². The average Bonchev–Trinajstić information content (AvgIpc) is 3.04. The van der Waals surface area contributed by atoms with E-state index in [1.807, 2.05) is 0 Å². The maximum atomic E-state index is 11.1. The van der Waals surface area contributed by atoms with Crippen molar-refractivity contribution in [1.29, 1.82) is 0 Å². The van der Waals surface area contributed by atoms with E-state index in [1.165, 1.54) is 38.5 Å².